The summed E-state index contributed by atoms with van der Waals surface area (Å²) in [6.45, 7) is 4.90. The molecule has 2 atom stereocenters. The highest BCUT2D eigenvalue weighted by molar-refractivity contribution is 5.86. The van der Waals surface area contributed by atoms with Crippen LogP contribution >= 0.6 is 12.4 Å². The van der Waals surface area contributed by atoms with Gasteiger partial charge in [0.15, 0.2) is 11.6 Å². The molecule has 2 bridgehead atoms. The number of carbonyl (C=O) groups is 1. The minimum absolute atomic E-state index is 0. The molecule has 0 saturated carbocycles. The minimum atomic E-state index is -1.66. The molecule has 7 nitrogen and oxygen atoms in total. The summed E-state index contributed by atoms with van der Waals surface area (Å²) < 4.78 is 36.2. The lowest BCUT2D eigenvalue weighted by atomic mass is 10.1. The van der Waals surface area contributed by atoms with Gasteiger partial charge in [-0.25, -0.2) is 13.6 Å². The summed E-state index contributed by atoms with van der Waals surface area (Å²) in [5.74, 6) is -2.11. The molecule has 28 heavy (non-hydrogen) atoms. The minimum Gasteiger partial charge on any atom is -0.449 e. The molecule has 2 aromatic rings. The number of pyridine rings is 1. The topological polar surface area (TPSA) is 75.0 Å². The van der Waals surface area contributed by atoms with Gasteiger partial charge in [0.2, 0.25) is 5.43 Å². The molecule has 2 saturated heterocycles. The van der Waals surface area contributed by atoms with Gasteiger partial charge in [0.25, 0.3) is 0 Å². The van der Waals surface area contributed by atoms with Gasteiger partial charge in [-0.1, -0.05) is 0 Å². The average Bonchev–Trinajstić information content (AvgIpc) is 3.00. The van der Waals surface area contributed by atoms with Gasteiger partial charge in [-0.3, -0.25) is 9.69 Å². The predicted molar refractivity (Wildman–Crippen MR) is 102 cm³/mol. The number of hydrogen-bond acceptors (Lipinski definition) is 5. The van der Waals surface area contributed by atoms with Crippen molar-refractivity contribution in [3.63, 3.8) is 0 Å². The van der Waals surface area contributed by atoms with Crippen molar-refractivity contribution in [2.45, 2.75) is 25.9 Å². The summed E-state index contributed by atoms with van der Waals surface area (Å²) in [4.78, 5) is 27.3. The fourth-order valence-corrected chi connectivity index (χ4v) is 4.13. The predicted octanol–water partition coefficient (Wildman–Crippen LogP) is 2.67. The van der Waals surface area contributed by atoms with Crippen molar-refractivity contribution in [1.82, 2.24) is 9.47 Å². The maximum Gasteiger partial charge on any atom is 0.511 e. The fraction of sp³-hybridized carbons (Fsp3) is 0.444. The van der Waals surface area contributed by atoms with Crippen LogP contribution in [0.4, 0.5) is 19.3 Å². The number of ether oxygens (including phenoxy) is 1. The number of anilines is 1. The van der Waals surface area contributed by atoms with E-state index in [4.69, 9.17) is 5.11 Å². The molecule has 2 fully saturated rings. The first-order valence-electron chi connectivity index (χ1n) is 8.85. The van der Waals surface area contributed by atoms with Crippen molar-refractivity contribution in [2.75, 3.05) is 31.1 Å². The molecule has 0 spiro atoms. The van der Waals surface area contributed by atoms with Gasteiger partial charge in [-0.15, -0.1) is 12.4 Å². The van der Waals surface area contributed by atoms with E-state index in [-0.39, 0.29) is 41.6 Å². The first kappa shape index (κ1) is 20.3. The Labute approximate surface area is 165 Å². The number of carboxylic acid groups (broad SMARTS) is 1. The highest BCUT2D eigenvalue weighted by Crippen LogP contribution is 2.35. The Morgan fingerprint density at radius 1 is 1.32 bits per heavy atom. The fourth-order valence-electron chi connectivity index (χ4n) is 4.13. The molecule has 10 heteroatoms. The first-order chi connectivity index (χ1) is 12.9. The monoisotopic (exact) mass is 415 g/mol. The molecule has 0 radical (unpaired) electrons. The van der Waals surface area contributed by atoms with E-state index in [2.05, 4.69) is 9.64 Å². The number of aryl methyl sites for hydroxylation is 1. The molecule has 2 unspecified atom stereocenters. The second-order valence-electron chi connectivity index (χ2n) is 6.83. The molecule has 0 aliphatic carbocycles. The van der Waals surface area contributed by atoms with Crippen LogP contribution in [-0.4, -0.2) is 52.9 Å². The number of hydrogen-bond donors (Lipinski definition) is 1. The molecule has 4 rings (SSSR count). The second kappa shape index (κ2) is 7.56. The Morgan fingerprint density at radius 3 is 2.75 bits per heavy atom. The summed E-state index contributed by atoms with van der Waals surface area (Å²) in [6, 6.07) is 1.02. The van der Waals surface area contributed by atoms with E-state index < -0.39 is 29.0 Å². The molecule has 1 aromatic heterocycles. The van der Waals surface area contributed by atoms with Gasteiger partial charge in [0.05, 0.1) is 17.1 Å². The quantitative estimate of drug-likeness (QED) is 0.777. The lowest BCUT2D eigenvalue weighted by molar-refractivity contribution is 0.144. The van der Waals surface area contributed by atoms with Gasteiger partial charge in [0, 0.05) is 38.8 Å². The molecular formula is C18H20ClF2N3O4. The van der Waals surface area contributed by atoms with Crippen molar-refractivity contribution in [2.24, 2.45) is 0 Å². The molecular weight excluding hydrogens is 396 g/mol. The molecule has 0 amide bonds. The summed E-state index contributed by atoms with van der Waals surface area (Å²) in [5.41, 5.74) is -1.02. The lowest BCUT2D eigenvalue weighted by Gasteiger charge is -2.36. The van der Waals surface area contributed by atoms with Crippen LogP contribution in [-0.2, 0) is 6.54 Å². The number of piperazine rings is 1. The van der Waals surface area contributed by atoms with E-state index in [1.54, 1.807) is 11.8 Å². The normalized spacial score (nSPS) is 20.9. The zero-order chi connectivity index (χ0) is 19.3. The summed E-state index contributed by atoms with van der Waals surface area (Å²) in [7, 11) is 0. The third kappa shape index (κ3) is 3.18. The van der Waals surface area contributed by atoms with Crippen LogP contribution in [0.25, 0.3) is 10.9 Å². The summed E-state index contributed by atoms with van der Waals surface area (Å²) in [5, 5.41) is 8.54. The molecule has 3 heterocycles. The zero-order valence-corrected chi connectivity index (χ0v) is 16.0. The Bertz CT molecular complexity index is 997. The SMILES string of the molecule is CCn1cc(OC(=O)O)c(=O)c2cc(F)c(N3CCN4CCC3C4)c(F)c21.Cl. The summed E-state index contributed by atoms with van der Waals surface area (Å²) >= 11 is 0. The maximum atomic E-state index is 15.4. The van der Waals surface area contributed by atoms with Crippen LogP contribution in [0.2, 0.25) is 0 Å². The van der Waals surface area contributed by atoms with Gasteiger partial charge in [-0.2, -0.15) is 0 Å². The standard InChI is InChI=1S/C18H19F2N3O4.ClH/c1-2-22-9-13(27-18(25)26)17(24)11-7-12(19)16(14(20)15(11)22)23-6-5-21-4-3-10(23)8-21;/h7,9-10H,2-6,8H2,1H3,(H,25,26);1H. The van der Waals surface area contributed by atoms with Crippen molar-refractivity contribution < 1.29 is 23.4 Å². The Morgan fingerprint density at radius 2 is 2.07 bits per heavy atom. The number of fused-ring (bicyclic) bond motifs is 3. The molecule has 152 valence electrons. The van der Waals surface area contributed by atoms with Gasteiger partial charge in [-0.05, 0) is 19.4 Å². The lowest BCUT2D eigenvalue weighted by Crippen LogP contribution is -2.47. The average molecular weight is 416 g/mol. The Balaban J connectivity index is 0.00000225. The molecule has 1 N–H and O–H groups in total. The van der Waals surface area contributed by atoms with Gasteiger partial charge >= 0.3 is 6.16 Å². The number of rotatable bonds is 3. The summed E-state index contributed by atoms with van der Waals surface area (Å²) in [6.07, 6.45) is 0.325. The molecule has 2 aliphatic heterocycles. The smallest absolute Gasteiger partial charge is 0.449 e. The number of nitrogens with zero attached hydrogens (tertiary/aromatic N) is 3. The van der Waals surface area contributed by atoms with E-state index in [9.17, 15) is 14.0 Å². The zero-order valence-electron chi connectivity index (χ0n) is 15.2. The first-order valence-corrected chi connectivity index (χ1v) is 8.85. The third-order valence-electron chi connectivity index (χ3n) is 5.37. The van der Waals surface area contributed by atoms with E-state index in [1.807, 2.05) is 0 Å². The number of halogens is 3. The third-order valence-corrected chi connectivity index (χ3v) is 5.37. The van der Waals surface area contributed by atoms with Crippen molar-refractivity contribution in [3.8, 4) is 5.75 Å². The number of benzene rings is 1. The van der Waals surface area contributed by atoms with Crippen molar-refractivity contribution >= 4 is 35.2 Å². The second-order valence-corrected chi connectivity index (χ2v) is 6.83. The van der Waals surface area contributed by atoms with E-state index >= 15 is 4.39 Å². The van der Waals surface area contributed by atoms with E-state index in [0.717, 1.165) is 38.3 Å². The Hall–Kier alpha value is -2.39. The highest BCUT2D eigenvalue weighted by atomic mass is 35.5. The highest BCUT2D eigenvalue weighted by Gasteiger charge is 2.36. The molecule has 1 aromatic carbocycles. The largest absolute Gasteiger partial charge is 0.511 e. The van der Waals surface area contributed by atoms with Crippen molar-refractivity contribution in [1.29, 1.82) is 0 Å². The maximum absolute atomic E-state index is 15.4. The van der Waals surface area contributed by atoms with Crippen LogP contribution in [0, 0.1) is 11.6 Å². The van der Waals surface area contributed by atoms with E-state index in [0.29, 0.717) is 6.54 Å². The van der Waals surface area contributed by atoms with Crippen molar-refractivity contribution in [3.05, 3.63) is 34.1 Å². The number of aromatic nitrogens is 1. The van der Waals surface area contributed by atoms with Gasteiger partial charge < -0.3 is 19.3 Å². The molecule has 2 aliphatic rings. The van der Waals surface area contributed by atoms with Crippen LogP contribution < -0.4 is 15.1 Å². The van der Waals surface area contributed by atoms with Crippen LogP contribution in [0.5, 0.6) is 5.75 Å². The van der Waals surface area contributed by atoms with Crippen LogP contribution in [0.3, 0.4) is 0 Å². The van der Waals surface area contributed by atoms with E-state index in [1.165, 1.54) is 4.57 Å². The van der Waals surface area contributed by atoms with Crippen LogP contribution in [0.15, 0.2) is 17.1 Å². The van der Waals surface area contributed by atoms with Crippen LogP contribution in [0.1, 0.15) is 13.3 Å². The van der Waals surface area contributed by atoms with Gasteiger partial charge in [0.1, 0.15) is 11.5 Å². The Kier molecular flexibility index (Phi) is 5.49.